The van der Waals surface area contributed by atoms with Gasteiger partial charge in [-0.05, 0) is 49.2 Å². The number of halogens is 1. The summed E-state index contributed by atoms with van der Waals surface area (Å²) in [5.41, 5.74) is 2.82. The molecule has 0 fully saturated rings. The summed E-state index contributed by atoms with van der Waals surface area (Å²) in [7, 11) is -1.42. The maximum absolute atomic E-state index is 14.0. The maximum Gasteiger partial charge on any atom is 0.304 e. The monoisotopic (exact) mass is 554 g/mol. The van der Waals surface area contributed by atoms with E-state index in [1.165, 1.54) is 31.1 Å². The highest BCUT2D eigenvalue weighted by molar-refractivity contribution is 7.90. The van der Waals surface area contributed by atoms with E-state index in [9.17, 15) is 22.4 Å². The van der Waals surface area contributed by atoms with Crippen LogP contribution in [-0.2, 0) is 32.8 Å². The quantitative estimate of drug-likeness (QED) is 0.371. The average Bonchev–Trinajstić information content (AvgIpc) is 2.91. The van der Waals surface area contributed by atoms with Crippen LogP contribution in [0.25, 0.3) is 0 Å². The first-order chi connectivity index (χ1) is 18.5. The molecule has 0 heterocycles. The molecule has 1 N–H and O–H groups in total. The minimum atomic E-state index is -4.13. The van der Waals surface area contributed by atoms with Gasteiger partial charge < -0.3 is 10.2 Å². The number of anilines is 1. The number of carbonyl (C=O) groups is 2. The third-order valence-corrected chi connectivity index (χ3v) is 8.05. The van der Waals surface area contributed by atoms with Crippen LogP contribution >= 0.6 is 0 Å². The molecule has 2 amide bonds. The summed E-state index contributed by atoms with van der Waals surface area (Å²) in [6, 6.07) is 20.9. The van der Waals surface area contributed by atoms with E-state index >= 15 is 0 Å². The van der Waals surface area contributed by atoms with Gasteiger partial charge in [-0.15, -0.1) is 0 Å². The number of carbonyl (C=O) groups excluding carboxylic acids is 2. The Morgan fingerprint density at radius 3 is 2.08 bits per heavy atom. The zero-order chi connectivity index (χ0) is 28.6. The Morgan fingerprint density at radius 1 is 0.897 bits per heavy atom. The molecular weight excluding hydrogens is 519 g/mol. The first kappa shape index (κ1) is 29.8. The van der Waals surface area contributed by atoms with Gasteiger partial charge >= 0.3 is 10.2 Å². The maximum atomic E-state index is 14.0. The highest BCUT2D eigenvalue weighted by Gasteiger charge is 2.34. The minimum Gasteiger partial charge on any atom is -0.355 e. The van der Waals surface area contributed by atoms with E-state index in [0.29, 0.717) is 6.54 Å². The molecular formula is C29H35FN4O4S. The van der Waals surface area contributed by atoms with Crippen molar-refractivity contribution in [1.29, 1.82) is 0 Å². The SMILES string of the molecule is CCNC(=O)[C@@H](Cc1ccccc1)N(Cc1ccc(C)cc1)C(=O)CN(c1ccc(F)cc1)S(=O)(=O)N(C)C. The third kappa shape index (κ3) is 7.87. The van der Waals surface area contributed by atoms with Gasteiger partial charge in [0.05, 0.1) is 5.69 Å². The fourth-order valence-corrected chi connectivity index (χ4v) is 5.12. The third-order valence-electron chi connectivity index (χ3n) is 6.23. The number of aryl methyl sites for hydroxylation is 1. The zero-order valence-electron chi connectivity index (χ0n) is 22.7. The summed E-state index contributed by atoms with van der Waals surface area (Å²) in [6.07, 6.45) is 0.237. The Morgan fingerprint density at radius 2 is 1.51 bits per heavy atom. The fraction of sp³-hybridized carbons (Fsp3) is 0.310. The number of nitrogens with one attached hydrogen (secondary N) is 1. The molecule has 1 atom stereocenters. The van der Waals surface area contributed by atoms with Gasteiger partial charge in [-0.2, -0.15) is 12.7 Å². The van der Waals surface area contributed by atoms with Crippen molar-refractivity contribution in [1.82, 2.24) is 14.5 Å². The predicted molar refractivity (Wildman–Crippen MR) is 151 cm³/mol. The van der Waals surface area contributed by atoms with Crippen molar-refractivity contribution in [3.63, 3.8) is 0 Å². The van der Waals surface area contributed by atoms with Gasteiger partial charge in [-0.25, -0.2) is 8.70 Å². The fourth-order valence-electron chi connectivity index (χ4n) is 4.06. The van der Waals surface area contributed by atoms with Crippen molar-refractivity contribution in [2.24, 2.45) is 0 Å². The summed E-state index contributed by atoms with van der Waals surface area (Å²) in [4.78, 5) is 28.8. The topological polar surface area (TPSA) is 90.0 Å². The largest absolute Gasteiger partial charge is 0.355 e. The van der Waals surface area contributed by atoms with Gasteiger partial charge in [0, 0.05) is 33.6 Å². The summed E-state index contributed by atoms with van der Waals surface area (Å²) in [5, 5.41) is 2.82. The highest BCUT2D eigenvalue weighted by atomic mass is 32.2. The van der Waals surface area contributed by atoms with Crippen molar-refractivity contribution < 1.29 is 22.4 Å². The first-order valence-corrected chi connectivity index (χ1v) is 14.0. The second kappa shape index (κ2) is 13.3. The molecule has 3 aromatic carbocycles. The Balaban J connectivity index is 2.06. The number of amides is 2. The van der Waals surface area contributed by atoms with Crippen molar-refractivity contribution in [3.05, 3.63) is 101 Å². The van der Waals surface area contributed by atoms with Crippen LogP contribution in [0.4, 0.5) is 10.1 Å². The van der Waals surface area contributed by atoms with Crippen LogP contribution < -0.4 is 9.62 Å². The predicted octanol–water partition coefficient (Wildman–Crippen LogP) is 3.52. The van der Waals surface area contributed by atoms with Gasteiger partial charge in [-0.1, -0.05) is 60.2 Å². The molecule has 3 aromatic rings. The molecule has 10 heteroatoms. The molecule has 0 aromatic heterocycles. The number of rotatable bonds is 12. The van der Waals surface area contributed by atoms with Crippen molar-refractivity contribution in [3.8, 4) is 0 Å². The van der Waals surface area contributed by atoms with Crippen LogP contribution in [0, 0.1) is 12.7 Å². The van der Waals surface area contributed by atoms with Gasteiger partial charge in [0.1, 0.15) is 18.4 Å². The molecule has 0 aliphatic heterocycles. The van der Waals surface area contributed by atoms with Gasteiger partial charge in [0.25, 0.3) is 0 Å². The van der Waals surface area contributed by atoms with E-state index in [-0.39, 0.29) is 24.6 Å². The molecule has 0 aliphatic rings. The van der Waals surface area contributed by atoms with Crippen LogP contribution in [0.3, 0.4) is 0 Å². The molecule has 0 aliphatic carbocycles. The second-order valence-corrected chi connectivity index (χ2v) is 11.4. The first-order valence-electron chi connectivity index (χ1n) is 12.6. The van der Waals surface area contributed by atoms with E-state index in [1.54, 1.807) is 6.92 Å². The van der Waals surface area contributed by atoms with Crippen LogP contribution in [0.15, 0.2) is 78.9 Å². The Bertz CT molecular complexity index is 1350. The van der Waals surface area contributed by atoms with E-state index < -0.39 is 34.5 Å². The highest BCUT2D eigenvalue weighted by Crippen LogP contribution is 2.22. The standard InChI is InChI=1S/C29H35FN4O4S/c1-5-31-29(36)27(19-23-9-7-6-8-10-23)33(20-24-13-11-22(2)12-14-24)28(35)21-34(39(37,38)32(3)4)26-17-15-25(30)16-18-26/h6-18,27H,5,19-21H2,1-4H3,(H,31,36)/t27-/m1/s1. The zero-order valence-corrected chi connectivity index (χ0v) is 23.5. The lowest BCUT2D eigenvalue weighted by Crippen LogP contribution is -2.54. The molecule has 0 bridgehead atoms. The van der Waals surface area contributed by atoms with E-state index in [0.717, 1.165) is 37.4 Å². The summed E-state index contributed by atoms with van der Waals surface area (Å²) < 4.78 is 42.1. The normalized spacial score (nSPS) is 12.2. The number of hydrogen-bond acceptors (Lipinski definition) is 4. The molecule has 208 valence electrons. The minimum absolute atomic E-state index is 0.0903. The van der Waals surface area contributed by atoms with Gasteiger partial charge in [0.15, 0.2) is 0 Å². The summed E-state index contributed by atoms with van der Waals surface area (Å²) in [5.74, 6) is -1.45. The molecule has 0 radical (unpaired) electrons. The number of likely N-dealkylation sites (N-methyl/N-ethyl adjacent to an activating group) is 1. The lowest BCUT2D eigenvalue weighted by molar-refractivity contribution is -0.140. The molecule has 0 saturated heterocycles. The average molecular weight is 555 g/mol. The Hall–Kier alpha value is -3.76. The van der Waals surface area contributed by atoms with E-state index in [1.807, 2.05) is 61.5 Å². The lowest BCUT2D eigenvalue weighted by atomic mass is 10.0. The van der Waals surface area contributed by atoms with E-state index in [4.69, 9.17) is 0 Å². The smallest absolute Gasteiger partial charge is 0.304 e. The second-order valence-electron chi connectivity index (χ2n) is 9.38. The van der Waals surface area contributed by atoms with Crippen LogP contribution in [-0.4, -0.2) is 62.7 Å². The molecule has 3 rings (SSSR count). The van der Waals surface area contributed by atoms with Crippen molar-refractivity contribution in [2.75, 3.05) is 31.5 Å². The van der Waals surface area contributed by atoms with Crippen molar-refractivity contribution >= 4 is 27.7 Å². The molecule has 0 unspecified atom stereocenters. The Labute approximate surface area is 230 Å². The Kier molecular flexibility index (Phi) is 10.2. The molecule has 0 saturated carbocycles. The van der Waals surface area contributed by atoms with Crippen LogP contribution in [0.1, 0.15) is 23.6 Å². The van der Waals surface area contributed by atoms with E-state index in [2.05, 4.69) is 5.32 Å². The number of benzene rings is 3. The number of hydrogen-bond donors (Lipinski definition) is 1. The summed E-state index contributed by atoms with van der Waals surface area (Å²) >= 11 is 0. The molecule has 8 nitrogen and oxygen atoms in total. The van der Waals surface area contributed by atoms with Gasteiger partial charge in [0.2, 0.25) is 11.8 Å². The molecule has 39 heavy (non-hydrogen) atoms. The van der Waals surface area contributed by atoms with Crippen LogP contribution in [0.2, 0.25) is 0 Å². The number of nitrogens with zero attached hydrogens (tertiary/aromatic N) is 3. The molecule has 0 spiro atoms. The lowest BCUT2D eigenvalue weighted by Gasteiger charge is -2.34. The van der Waals surface area contributed by atoms with Crippen molar-refractivity contribution in [2.45, 2.75) is 32.9 Å². The van der Waals surface area contributed by atoms with Gasteiger partial charge in [-0.3, -0.25) is 9.59 Å². The van der Waals surface area contributed by atoms with Crippen LogP contribution in [0.5, 0.6) is 0 Å². The summed E-state index contributed by atoms with van der Waals surface area (Å²) in [6.45, 7) is 3.62.